The molecule has 0 bridgehead atoms. The van der Waals surface area contributed by atoms with Gasteiger partial charge in [0.1, 0.15) is 5.72 Å². The van der Waals surface area contributed by atoms with E-state index in [0.717, 1.165) is 0 Å². The third-order valence-electron chi connectivity index (χ3n) is 1.14. The molecule has 46 valence electrons. The Bertz CT molecular complexity index is 118. The molecule has 2 heteroatoms. The van der Waals surface area contributed by atoms with E-state index in [0.29, 0.717) is 0 Å². The summed E-state index contributed by atoms with van der Waals surface area (Å²) in [6.07, 6.45) is 4.02. The lowest BCUT2D eigenvalue weighted by molar-refractivity contribution is 0.00197. The summed E-state index contributed by atoms with van der Waals surface area (Å²) in [7, 11) is 0. The van der Waals surface area contributed by atoms with Crippen LogP contribution < -0.4 is 5.73 Å². The van der Waals surface area contributed by atoms with Crippen molar-refractivity contribution in [3.63, 3.8) is 0 Å². The molecule has 0 amide bonds. The largest absolute Gasteiger partial charge is 0.351 e. The number of hydrogen-bond acceptors (Lipinski definition) is 2. The van der Waals surface area contributed by atoms with E-state index >= 15 is 0 Å². The molecule has 2 nitrogen and oxygen atoms in total. The van der Waals surface area contributed by atoms with Crippen molar-refractivity contribution in [1.82, 2.24) is 0 Å². The van der Waals surface area contributed by atoms with Gasteiger partial charge in [-0.3, -0.25) is 0 Å². The van der Waals surface area contributed by atoms with E-state index in [2.05, 4.69) is 0 Å². The molecule has 0 aromatic heterocycles. The summed E-state index contributed by atoms with van der Waals surface area (Å²) in [6.45, 7) is 3.81. The maximum Gasteiger partial charge on any atom is 0.133 e. The molecule has 1 aliphatic rings. The average Bonchev–Trinajstić information content (AvgIpc) is 1.82. The Labute approximate surface area is 49.3 Å². The van der Waals surface area contributed by atoms with Crippen LogP contribution in [0.4, 0.5) is 0 Å². The highest BCUT2D eigenvalue weighted by molar-refractivity contribution is 5.05. The predicted octanol–water partition coefficient (Wildman–Crippen LogP) is 0.636. The van der Waals surface area contributed by atoms with Gasteiger partial charge >= 0.3 is 0 Å². The van der Waals surface area contributed by atoms with Gasteiger partial charge in [0.05, 0.1) is 6.10 Å². The maximum atomic E-state index is 5.56. The Balaban J connectivity index is 2.58. The van der Waals surface area contributed by atoms with Crippen LogP contribution in [0.1, 0.15) is 13.8 Å². The molecule has 0 saturated carbocycles. The van der Waals surface area contributed by atoms with Gasteiger partial charge in [0.2, 0.25) is 0 Å². The van der Waals surface area contributed by atoms with Gasteiger partial charge < -0.3 is 10.5 Å². The molecule has 0 aliphatic carbocycles. The zero-order valence-corrected chi connectivity index (χ0v) is 5.22. The fourth-order valence-corrected chi connectivity index (χ4v) is 0.806. The second-order valence-electron chi connectivity index (χ2n) is 2.37. The monoisotopic (exact) mass is 113 g/mol. The van der Waals surface area contributed by atoms with Crippen LogP contribution in [0.5, 0.6) is 0 Å². The summed E-state index contributed by atoms with van der Waals surface area (Å²) in [5.41, 5.74) is 5.04. The van der Waals surface area contributed by atoms with Crippen molar-refractivity contribution in [1.29, 1.82) is 0 Å². The van der Waals surface area contributed by atoms with Gasteiger partial charge in [-0.25, -0.2) is 0 Å². The van der Waals surface area contributed by atoms with Crippen LogP contribution in [-0.2, 0) is 4.74 Å². The van der Waals surface area contributed by atoms with Crippen LogP contribution >= 0.6 is 0 Å². The highest BCUT2D eigenvalue weighted by Gasteiger charge is 2.22. The lowest BCUT2D eigenvalue weighted by Crippen LogP contribution is -2.35. The van der Waals surface area contributed by atoms with E-state index in [4.69, 9.17) is 10.5 Å². The van der Waals surface area contributed by atoms with Gasteiger partial charge in [0, 0.05) is 0 Å². The molecule has 2 N–H and O–H groups in total. The highest BCUT2D eigenvalue weighted by atomic mass is 16.5. The number of ether oxygens (including phenoxy) is 1. The van der Waals surface area contributed by atoms with Crippen LogP contribution in [0.15, 0.2) is 12.2 Å². The Hall–Kier alpha value is -0.340. The van der Waals surface area contributed by atoms with Gasteiger partial charge in [-0.05, 0) is 19.9 Å². The zero-order chi connectivity index (χ0) is 6.20. The lowest BCUT2D eigenvalue weighted by atomic mass is 10.3. The van der Waals surface area contributed by atoms with E-state index in [1.165, 1.54) is 0 Å². The molecule has 0 spiro atoms. The van der Waals surface area contributed by atoms with E-state index in [9.17, 15) is 0 Å². The lowest BCUT2D eigenvalue weighted by Gasteiger charge is -2.16. The molecule has 8 heavy (non-hydrogen) atoms. The Morgan fingerprint density at radius 2 is 2.38 bits per heavy atom. The van der Waals surface area contributed by atoms with Gasteiger partial charge in [0.25, 0.3) is 0 Å². The van der Waals surface area contributed by atoms with E-state index < -0.39 is 5.72 Å². The first-order valence-corrected chi connectivity index (χ1v) is 2.76. The quantitative estimate of drug-likeness (QED) is 0.468. The second-order valence-corrected chi connectivity index (χ2v) is 2.37. The Kier molecular flexibility index (Phi) is 1.14. The molecule has 0 aromatic rings. The zero-order valence-electron chi connectivity index (χ0n) is 5.22. The van der Waals surface area contributed by atoms with Crippen molar-refractivity contribution < 1.29 is 4.74 Å². The normalized spacial score (nSPS) is 45.6. The molecule has 0 saturated heterocycles. The molecule has 1 heterocycles. The molecule has 0 fully saturated rings. The summed E-state index contributed by atoms with van der Waals surface area (Å²) in [5.74, 6) is 0. The number of nitrogens with two attached hydrogens (primary N) is 1. The number of hydrogen-bond donors (Lipinski definition) is 1. The van der Waals surface area contributed by atoms with Crippen molar-refractivity contribution >= 4 is 0 Å². The van der Waals surface area contributed by atoms with Crippen molar-refractivity contribution in [2.75, 3.05) is 0 Å². The van der Waals surface area contributed by atoms with E-state index in [-0.39, 0.29) is 6.10 Å². The fraction of sp³-hybridized carbons (Fsp3) is 0.667. The third kappa shape index (κ3) is 1.08. The Morgan fingerprint density at radius 1 is 1.75 bits per heavy atom. The summed E-state index contributed by atoms with van der Waals surface area (Å²) in [6, 6.07) is 0. The minimum absolute atomic E-state index is 0.185. The molecular weight excluding hydrogens is 102 g/mol. The van der Waals surface area contributed by atoms with Crippen molar-refractivity contribution in [2.24, 2.45) is 5.73 Å². The van der Waals surface area contributed by atoms with E-state index in [1.54, 1.807) is 0 Å². The molecule has 1 aliphatic heterocycles. The third-order valence-corrected chi connectivity index (χ3v) is 1.14. The van der Waals surface area contributed by atoms with Crippen molar-refractivity contribution in [2.45, 2.75) is 25.7 Å². The number of rotatable bonds is 0. The maximum absolute atomic E-state index is 5.56. The van der Waals surface area contributed by atoms with Crippen LogP contribution in [0.25, 0.3) is 0 Å². The van der Waals surface area contributed by atoms with Crippen LogP contribution in [-0.4, -0.2) is 11.8 Å². The molecular formula is C6H11NO. The minimum atomic E-state index is -0.514. The smallest absolute Gasteiger partial charge is 0.133 e. The van der Waals surface area contributed by atoms with Crippen LogP contribution in [0, 0.1) is 0 Å². The predicted molar refractivity (Wildman–Crippen MR) is 32.3 cm³/mol. The summed E-state index contributed by atoms with van der Waals surface area (Å²) >= 11 is 0. The molecule has 1 rings (SSSR count). The van der Waals surface area contributed by atoms with E-state index in [1.807, 2.05) is 26.0 Å². The standard InChI is InChI=1S/C6H11NO/c1-5-3-4-6(2,7)8-5/h3-5H,7H2,1-2H3. The topological polar surface area (TPSA) is 35.2 Å². The first-order chi connectivity index (χ1) is 3.60. The average molecular weight is 113 g/mol. The summed E-state index contributed by atoms with van der Waals surface area (Å²) in [4.78, 5) is 0. The summed E-state index contributed by atoms with van der Waals surface area (Å²) in [5, 5.41) is 0. The first kappa shape index (κ1) is 5.79. The van der Waals surface area contributed by atoms with Crippen molar-refractivity contribution in [3.8, 4) is 0 Å². The molecule has 0 aromatic carbocycles. The first-order valence-electron chi connectivity index (χ1n) is 2.76. The van der Waals surface area contributed by atoms with Gasteiger partial charge in [-0.1, -0.05) is 6.08 Å². The van der Waals surface area contributed by atoms with Crippen LogP contribution in [0.3, 0.4) is 0 Å². The second kappa shape index (κ2) is 1.57. The molecule has 2 unspecified atom stereocenters. The minimum Gasteiger partial charge on any atom is -0.351 e. The van der Waals surface area contributed by atoms with Gasteiger partial charge in [-0.2, -0.15) is 0 Å². The van der Waals surface area contributed by atoms with Crippen LogP contribution in [0.2, 0.25) is 0 Å². The van der Waals surface area contributed by atoms with Gasteiger partial charge in [-0.15, -0.1) is 0 Å². The Morgan fingerprint density at radius 3 is 2.50 bits per heavy atom. The van der Waals surface area contributed by atoms with Crippen molar-refractivity contribution in [3.05, 3.63) is 12.2 Å². The highest BCUT2D eigenvalue weighted by Crippen LogP contribution is 2.15. The summed E-state index contributed by atoms with van der Waals surface area (Å²) < 4.78 is 5.22. The SMILES string of the molecule is CC1C=CC(C)(N)O1. The fourth-order valence-electron chi connectivity index (χ4n) is 0.806. The molecule has 2 atom stereocenters. The van der Waals surface area contributed by atoms with Gasteiger partial charge in [0.15, 0.2) is 0 Å². The molecule has 0 radical (unpaired) electrons.